The summed E-state index contributed by atoms with van der Waals surface area (Å²) in [6.45, 7) is 3.78. The largest absolute Gasteiger partial charge is 1.00 e. The molecule has 14 heteroatoms. The van der Waals surface area contributed by atoms with Crippen LogP contribution >= 0.6 is 39.1 Å². The van der Waals surface area contributed by atoms with Gasteiger partial charge in [0.25, 0.3) is 6.47 Å². The monoisotopic (exact) mass is 872 g/mol. The van der Waals surface area contributed by atoms with Crippen molar-refractivity contribution in [2.24, 2.45) is 0 Å². The molecule has 9 nitrogen and oxygen atoms in total. The summed E-state index contributed by atoms with van der Waals surface area (Å²) >= 11 is 14.8. The Bertz CT molecular complexity index is 1440. The molecule has 4 aromatic heterocycles. The van der Waals surface area contributed by atoms with E-state index in [9.17, 15) is 0 Å². The number of ether oxygens (including phenoxy) is 1. The minimum Gasteiger partial charge on any atom is -1.00 e. The zero-order chi connectivity index (χ0) is 27.5. The van der Waals surface area contributed by atoms with Crippen molar-refractivity contribution in [2.45, 2.75) is 13.8 Å². The van der Waals surface area contributed by atoms with Crippen LogP contribution in [0, 0.1) is 23.7 Å². The van der Waals surface area contributed by atoms with Gasteiger partial charge in [-0.2, -0.15) is 0 Å². The predicted octanol–water partition coefficient (Wildman–Crippen LogP) is -1.37. The first-order chi connectivity index (χ1) is 17.9. The quantitative estimate of drug-likeness (QED) is 0.0663. The molecule has 1 N–H and O–H groups in total. The van der Waals surface area contributed by atoms with E-state index in [0.717, 1.165) is 16.1 Å². The Kier molecular flexibility index (Phi) is 27.8. The number of hydrogen-bond acceptors (Lipinski definition) is 9. The number of pyridine rings is 4. The Morgan fingerprint density at radius 1 is 0.974 bits per heavy atom. The van der Waals surface area contributed by atoms with Crippen molar-refractivity contribution < 1.29 is 164 Å². The molecule has 0 radical (unpaired) electrons. The third kappa shape index (κ3) is 17.2. The normalized spacial score (nSPS) is 8.36. The molecule has 4 aromatic rings. The molecule has 0 saturated carbocycles. The van der Waals surface area contributed by atoms with E-state index in [4.69, 9.17) is 43.1 Å². The predicted molar refractivity (Wildman–Crippen MR) is 145 cm³/mol. The molecule has 0 unspecified atom stereocenters. The fourth-order valence-electron chi connectivity index (χ4n) is 2.36. The molecule has 0 aliphatic heterocycles. The van der Waals surface area contributed by atoms with Gasteiger partial charge < -0.3 is 21.4 Å². The van der Waals surface area contributed by atoms with Crippen LogP contribution in [0.5, 0.6) is 11.5 Å². The van der Waals surface area contributed by atoms with Crippen LogP contribution in [0.4, 0.5) is 0 Å². The first-order valence-electron chi connectivity index (χ1n) is 10.1. The van der Waals surface area contributed by atoms with Crippen LogP contribution in [-0.2, 0) is 9.68 Å². The fraction of sp³-hybridized carbons (Fsp3) is 0.160. The maximum absolute atomic E-state index is 9.10. The van der Waals surface area contributed by atoms with Crippen LogP contribution < -0.4 is 148 Å². The number of halogens is 3. The molecule has 0 spiro atoms. The number of hydrogen-bond donors (Lipinski definition) is 1. The minimum absolute atomic E-state index is 0. The second-order valence-electron chi connectivity index (χ2n) is 6.18. The van der Waals surface area contributed by atoms with Crippen LogP contribution in [-0.4, -0.2) is 43.5 Å². The van der Waals surface area contributed by atoms with Gasteiger partial charge in [0.15, 0.2) is 10.3 Å². The van der Waals surface area contributed by atoms with E-state index in [1.807, 2.05) is 19.1 Å². The second kappa shape index (κ2) is 26.1. The second-order valence-corrected chi connectivity index (χ2v) is 7.46. The third-order valence-corrected chi connectivity index (χ3v) is 4.67. The molecule has 194 valence electrons. The van der Waals surface area contributed by atoms with Crippen molar-refractivity contribution in [3.63, 3.8) is 0 Å². The first-order valence-corrected chi connectivity index (χ1v) is 12.0. The van der Waals surface area contributed by atoms with Gasteiger partial charge in [-0.1, -0.05) is 51.0 Å². The van der Waals surface area contributed by atoms with E-state index in [2.05, 4.69) is 64.4 Å². The molecule has 0 fully saturated rings. The molecular formula is C25H21BrCl2Cs2N4O5. The Balaban J connectivity index is -0.000000507. The Morgan fingerprint density at radius 3 is 1.95 bits per heavy atom. The zero-order valence-electron chi connectivity index (χ0n) is 22.6. The van der Waals surface area contributed by atoms with Crippen LogP contribution in [0.1, 0.15) is 15.3 Å². The van der Waals surface area contributed by atoms with Crippen molar-refractivity contribution in [1.82, 2.24) is 19.9 Å². The van der Waals surface area contributed by atoms with Crippen molar-refractivity contribution in [3.8, 4) is 35.2 Å². The smallest absolute Gasteiger partial charge is 1.00 e. The van der Waals surface area contributed by atoms with Gasteiger partial charge in [-0.25, -0.2) is 19.9 Å². The summed E-state index contributed by atoms with van der Waals surface area (Å²) in [6.07, 6.45) is 6.18. The Labute approximate surface area is 364 Å². The number of rotatable bonds is 3. The van der Waals surface area contributed by atoms with Crippen molar-refractivity contribution in [3.05, 3.63) is 59.4 Å². The summed E-state index contributed by atoms with van der Waals surface area (Å²) in [7, 11) is 0. The number of alkyl halides is 1. The number of carbonyl (C=O) groups is 1. The molecule has 0 aliphatic carbocycles. The third-order valence-electron chi connectivity index (χ3n) is 3.84. The van der Waals surface area contributed by atoms with Gasteiger partial charge in [-0.3, -0.25) is 4.79 Å². The van der Waals surface area contributed by atoms with Gasteiger partial charge in [0.05, 0.1) is 17.7 Å². The number of aromatic nitrogens is 4. The van der Waals surface area contributed by atoms with E-state index in [0.29, 0.717) is 33.7 Å². The molecule has 0 amide bonds. The summed E-state index contributed by atoms with van der Waals surface area (Å²) < 4.78 is 5.39. The molecular weight excluding hydrogens is 853 g/mol. The van der Waals surface area contributed by atoms with E-state index < -0.39 is 0 Å². The molecule has 4 rings (SSSR count). The van der Waals surface area contributed by atoms with Gasteiger partial charge in [0.2, 0.25) is 0 Å². The number of carbonyl (C=O) groups excluding carboxylic acids is 1. The SMILES string of the molecule is CC#CCBr.CC#CCOc1cnc2c(Cl)nccc2c1.O=CO[O-].Oc1cnc2c(Cl)nccc2c1.[Cs+].[Cs+].[H-]. The Hall–Kier alpha value is 0.434. The van der Waals surface area contributed by atoms with Gasteiger partial charge in [0, 0.05) is 23.2 Å². The van der Waals surface area contributed by atoms with Gasteiger partial charge in [0.1, 0.15) is 29.1 Å². The molecule has 4 heterocycles. The van der Waals surface area contributed by atoms with E-state index in [1.165, 1.54) is 6.20 Å². The van der Waals surface area contributed by atoms with Gasteiger partial charge in [-0.05, 0) is 38.1 Å². The average molecular weight is 874 g/mol. The molecule has 0 aliphatic rings. The molecule has 39 heavy (non-hydrogen) atoms. The first kappa shape index (κ1) is 41.6. The fourth-order valence-corrected chi connectivity index (χ4v) is 3.07. The van der Waals surface area contributed by atoms with E-state index in [1.54, 1.807) is 37.6 Å². The summed E-state index contributed by atoms with van der Waals surface area (Å²) in [4.78, 5) is 27.2. The van der Waals surface area contributed by atoms with Crippen LogP contribution in [0.25, 0.3) is 21.8 Å². The Morgan fingerprint density at radius 2 is 1.49 bits per heavy atom. The molecule has 0 atom stereocenters. The van der Waals surface area contributed by atoms with Crippen molar-refractivity contribution in [1.29, 1.82) is 0 Å². The van der Waals surface area contributed by atoms with Gasteiger partial charge in [-0.15, -0.1) is 11.8 Å². The number of nitrogens with zero attached hydrogens (tertiary/aromatic N) is 4. The maximum atomic E-state index is 9.10. The average Bonchev–Trinajstić information content (AvgIpc) is 2.90. The van der Waals surface area contributed by atoms with Crippen molar-refractivity contribution in [2.75, 3.05) is 11.9 Å². The minimum atomic E-state index is -0.181. The van der Waals surface area contributed by atoms with E-state index in [-0.39, 0.29) is 151 Å². The number of fused-ring (bicyclic) bond motifs is 2. The summed E-state index contributed by atoms with van der Waals surface area (Å²) in [5, 5.41) is 20.8. The van der Waals surface area contributed by atoms with Crippen LogP contribution in [0.2, 0.25) is 10.3 Å². The van der Waals surface area contributed by atoms with E-state index >= 15 is 0 Å². The summed E-state index contributed by atoms with van der Waals surface area (Å²) in [5.41, 5.74) is 1.29. The molecule has 0 saturated heterocycles. The van der Waals surface area contributed by atoms with Crippen LogP contribution in [0.15, 0.2) is 49.1 Å². The zero-order valence-corrected chi connectivity index (χ0v) is 37.3. The topological polar surface area (TPSA) is 130 Å². The maximum Gasteiger partial charge on any atom is 1.00 e. The molecule has 0 bridgehead atoms. The summed E-state index contributed by atoms with van der Waals surface area (Å²) in [5.74, 6) is 11.9. The summed E-state index contributed by atoms with van der Waals surface area (Å²) in [6, 6.07) is 7.05. The number of aromatic hydroxyl groups is 1. The standard InChI is InChI=1S/C12H9ClN2O.C8H5ClN2O.C4H5Br.CH2O3.2Cs.H/c1-2-3-6-16-10-7-9-4-5-14-12(13)11(9)15-8-10;9-8-7-5(1-2-10-8)3-6(12)4-11-7;1-2-3-4-5;2-1-4-3;;;/h4-5,7-8H,6H2,1H3;1-4,12H;4H2,1H3;1,3H;;;/q;;;;2*+1;-1/p-1. The molecule has 0 aromatic carbocycles. The van der Waals surface area contributed by atoms with Crippen molar-refractivity contribution >= 4 is 67.4 Å². The van der Waals surface area contributed by atoms with Crippen LogP contribution in [0.3, 0.4) is 0 Å². The van der Waals surface area contributed by atoms with Gasteiger partial charge >= 0.3 is 138 Å².